The number of carbonyl (C=O) groups excluding carboxylic acids is 1. The molecule has 1 N–H and O–H groups in total. The van der Waals surface area contributed by atoms with Crippen LogP contribution in [0.5, 0.6) is 5.75 Å². The molecule has 0 aliphatic heterocycles. The first-order valence-electron chi connectivity index (χ1n) is 9.51. The van der Waals surface area contributed by atoms with Gasteiger partial charge in [-0.15, -0.1) is 0 Å². The fourth-order valence-corrected chi connectivity index (χ4v) is 2.67. The zero-order valence-corrected chi connectivity index (χ0v) is 16.6. The molecule has 1 unspecified atom stereocenters. The van der Waals surface area contributed by atoms with E-state index in [1.54, 1.807) is 0 Å². The molecule has 0 fully saturated rings. The lowest BCUT2D eigenvalue weighted by Gasteiger charge is -2.27. The van der Waals surface area contributed by atoms with Crippen LogP contribution in [0, 0.1) is 5.92 Å². The summed E-state index contributed by atoms with van der Waals surface area (Å²) in [5, 5.41) is 5.03. The number of hydrogen-bond donors (Lipinski definition) is 1. The number of nitrogens with one attached hydrogen (secondary N) is 1. The molecule has 1 amide bonds. The van der Waals surface area contributed by atoms with E-state index in [1.165, 1.54) is 0 Å². The van der Waals surface area contributed by atoms with Crippen molar-refractivity contribution < 1.29 is 14.3 Å². The number of hydrogen-bond acceptors (Lipinski definition) is 3. The molecule has 2 aromatic carbocycles. The lowest BCUT2D eigenvalue weighted by atomic mass is 10.0. The fourth-order valence-electron chi connectivity index (χ4n) is 2.67. The Morgan fingerprint density at radius 1 is 1.12 bits per heavy atom. The zero-order chi connectivity index (χ0) is 19.2. The van der Waals surface area contributed by atoms with Crippen LogP contribution in [0.15, 0.2) is 36.4 Å². The standard InChI is InChI=1S/C22H31NO3/c1-6-14-26-22(5,7-2)21(24)23-19-12-13-20(25-15-16(3)4)18-11-9-8-10-17(18)19/h8-13,16H,6-7,14-15H2,1-5H3,(H,23,24). The fraction of sp³-hybridized carbons (Fsp3) is 0.500. The van der Waals surface area contributed by atoms with Gasteiger partial charge in [0.1, 0.15) is 11.4 Å². The Labute approximate surface area is 156 Å². The van der Waals surface area contributed by atoms with Gasteiger partial charge in [0.15, 0.2) is 0 Å². The van der Waals surface area contributed by atoms with Crippen molar-refractivity contribution in [2.75, 3.05) is 18.5 Å². The molecule has 0 saturated carbocycles. The van der Waals surface area contributed by atoms with Gasteiger partial charge < -0.3 is 14.8 Å². The SMILES string of the molecule is CCCOC(C)(CC)C(=O)Nc1ccc(OCC(C)C)c2ccccc12. The number of anilines is 1. The molecule has 4 nitrogen and oxygen atoms in total. The van der Waals surface area contributed by atoms with Crippen LogP contribution in [-0.2, 0) is 9.53 Å². The van der Waals surface area contributed by atoms with E-state index < -0.39 is 5.60 Å². The predicted molar refractivity (Wildman–Crippen MR) is 108 cm³/mol. The van der Waals surface area contributed by atoms with Crippen LogP contribution in [-0.4, -0.2) is 24.7 Å². The van der Waals surface area contributed by atoms with Crippen LogP contribution in [0.25, 0.3) is 10.8 Å². The molecule has 0 aliphatic rings. The van der Waals surface area contributed by atoms with Gasteiger partial charge in [0.25, 0.3) is 5.91 Å². The van der Waals surface area contributed by atoms with E-state index in [0.29, 0.717) is 25.6 Å². The third-order valence-corrected chi connectivity index (χ3v) is 4.48. The Morgan fingerprint density at radius 2 is 1.81 bits per heavy atom. The summed E-state index contributed by atoms with van der Waals surface area (Å²) in [6.45, 7) is 11.3. The lowest BCUT2D eigenvalue weighted by Crippen LogP contribution is -2.42. The molecule has 0 heterocycles. The van der Waals surface area contributed by atoms with Crippen LogP contribution < -0.4 is 10.1 Å². The van der Waals surface area contributed by atoms with Crippen molar-refractivity contribution in [1.82, 2.24) is 0 Å². The summed E-state index contributed by atoms with van der Waals surface area (Å²) in [6, 6.07) is 11.8. The van der Waals surface area contributed by atoms with Crippen LogP contribution >= 0.6 is 0 Å². The van der Waals surface area contributed by atoms with Gasteiger partial charge in [0, 0.05) is 23.1 Å². The summed E-state index contributed by atoms with van der Waals surface area (Å²) in [5.74, 6) is 1.18. The predicted octanol–water partition coefficient (Wildman–Crippen LogP) is 5.41. The van der Waals surface area contributed by atoms with Gasteiger partial charge >= 0.3 is 0 Å². The maximum absolute atomic E-state index is 12.8. The Morgan fingerprint density at radius 3 is 2.42 bits per heavy atom. The Kier molecular flexibility index (Phi) is 7.04. The van der Waals surface area contributed by atoms with E-state index >= 15 is 0 Å². The molecule has 26 heavy (non-hydrogen) atoms. The second-order valence-electron chi connectivity index (χ2n) is 7.25. The van der Waals surface area contributed by atoms with E-state index in [1.807, 2.05) is 57.2 Å². The van der Waals surface area contributed by atoms with Crippen LogP contribution in [0.2, 0.25) is 0 Å². The Balaban J connectivity index is 2.30. The highest BCUT2D eigenvalue weighted by atomic mass is 16.5. The van der Waals surface area contributed by atoms with Gasteiger partial charge in [-0.05, 0) is 37.8 Å². The van der Waals surface area contributed by atoms with Gasteiger partial charge in [0.2, 0.25) is 0 Å². The van der Waals surface area contributed by atoms with Crippen molar-refractivity contribution in [2.24, 2.45) is 5.92 Å². The topological polar surface area (TPSA) is 47.6 Å². The van der Waals surface area contributed by atoms with Crippen molar-refractivity contribution in [1.29, 1.82) is 0 Å². The molecule has 2 aromatic rings. The van der Waals surface area contributed by atoms with E-state index in [-0.39, 0.29) is 5.91 Å². The van der Waals surface area contributed by atoms with Crippen molar-refractivity contribution in [2.45, 2.75) is 53.1 Å². The third-order valence-electron chi connectivity index (χ3n) is 4.48. The monoisotopic (exact) mass is 357 g/mol. The molecule has 4 heteroatoms. The Bertz CT molecular complexity index is 741. The largest absolute Gasteiger partial charge is 0.493 e. The average Bonchev–Trinajstić information content (AvgIpc) is 2.65. The molecule has 1 atom stereocenters. The summed E-state index contributed by atoms with van der Waals surface area (Å²) in [4.78, 5) is 12.8. The molecular formula is C22H31NO3. The summed E-state index contributed by atoms with van der Waals surface area (Å²) >= 11 is 0. The minimum Gasteiger partial charge on any atom is -0.493 e. The number of amides is 1. The number of benzene rings is 2. The highest BCUT2D eigenvalue weighted by Crippen LogP contribution is 2.32. The maximum atomic E-state index is 12.8. The van der Waals surface area contributed by atoms with Crippen molar-refractivity contribution >= 4 is 22.4 Å². The first-order chi connectivity index (χ1) is 12.4. The maximum Gasteiger partial charge on any atom is 0.256 e. The van der Waals surface area contributed by atoms with Gasteiger partial charge in [-0.3, -0.25) is 4.79 Å². The summed E-state index contributed by atoms with van der Waals surface area (Å²) < 4.78 is 11.8. The molecule has 0 radical (unpaired) electrons. The first-order valence-corrected chi connectivity index (χ1v) is 9.51. The number of fused-ring (bicyclic) bond motifs is 1. The van der Waals surface area contributed by atoms with Gasteiger partial charge in [-0.1, -0.05) is 52.0 Å². The van der Waals surface area contributed by atoms with Crippen molar-refractivity contribution in [3.8, 4) is 5.75 Å². The quantitative estimate of drug-likeness (QED) is 0.653. The number of carbonyl (C=O) groups is 1. The minimum atomic E-state index is -0.829. The smallest absolute Gasteiger partial charge is 0.256 e. The normalized spacial score (nSPS) is 13.6. The molecule has 0 saturated heterocycles. The summed E-state index contributed by atoms with van der Waals surface area (Å²) in [7, 11) is 0. The zero-order valence-electron chi connectivity index (χ0n) is 16.6. The number of rotatable bonds is 9. The molecule has 0 spiro atoms. The van der Waals surface area contributed by atoms with E-state index in [2.05, 4.69) is 19.2 Å². The third kappa shape index (κ3) is 4.76. The second-order valence-corrected chi connectivity index (χ2v) is 7.25. The van der Waals surface area contributed by atoms with Crippen molar-refractivity contribution in [3.05, 3.63) is 36.4 Å². The average molecular weight is 357 g/mol. The van der Waals surface area contributed by atoms with E-state index in [4.69, 9.17) is 9.47 Å². The Hall–Kier alpha value is -2.07. The van der Waals surface area contributed by atoms with E-state index in [0.717, 1.165) is 28.6 Å². The van der Waals surface area contributed by atoms with Crippen molar-refractivity contribution in [3.63, 3.8) is 0 Å². The molecule has 2 rings (SSSR count). The summed E-state index contributed by atoms with van der Waals surface area (Å²) in [6.07, 6.45) is 1.50. The van der Waals surface area contributed by atoms with Crippen LogP contribution in [0.4, 0.5) is 5.69 Å². The van der Waals surface area contributed by atoms with Gasteiger partial charge in [0.05, 0.1) is 6.61 Å². The molecule has 0 aliphatic carbocycles. The summed E-state index contributed by atoms with van der Waals surface area (Å²) in [5.41, 5.74) is -0.0496. The van der Waals surface area contributed by atoms with Gasteiger partial charge in [-0.2, -0.15) is 0 Å². The van der Waals surface area contributed by atoms with E-state index in [9.17, 15) is 4.79 Å². The number of ether oxygens (including phenoxy) is 2. The molecule has 0 aromatic heterocycles. The first kappa shape index (κ1) is 20.2. The van der Waals surface area contributed by atoms with Crippen LogP contribution in [0.1, 0.15) is 47.5 Å². The van der Waals surface area contributed by atoms with Crippen LogP contribution in [0.3, 0.4) is 0 Å². The molecule has 142 valence electrons. The lowest BCUT2D eigenvalue weighted by molar-refractivity contribution is -0.139. The highest BCUT2D eigenvalue weighted by molar-refractivity contribution is 6.06. The minimum absolute atomic E-state index is 0.116. The molecule has 0 bridgehead atoms. The highest BCUT2D eigenvalue weighted by Gasteiger charge is 2.32. The molecular weight excluding hydrogens is 326 g/mol. The second kappa shape index (κ2) is 9.04. The van der Waals surface area contributed by atoms with Gasteiger partial charge in [-0.25, -0.2) is 0 Å².